The Morgan fingerprint density at radius 2 is 1.88 bits per heavy atom. The number of aromatic nitrogens is 2. The van der Waals surface area contributed by atoms with Gasteiger partial charge in [0, 0.05) is 11.3 Å². The average molecular weight is 230 g/mol. The van der Waals surface area contributed by atoms with Gasteiger partial charge >= 0.3 is 0 Å². The van der Waals surface area contributed by atoms with Crippen molar-refractivity contribution in [3.8, 4) is 0 Å². The highest BCUT2D eigenvalue weighted by atomic mass is 15.3. The van der Waals surface area contributed by atoms with Crippen LogP contribution in [-0.2, 0) is 0 Å². The van der Waals surface area contributed by atoms with Crippen LogP contribution in [0, 0.1) is 13.8 Å². The summed E-state index contributed by atoms with van der Waals surface area (Å²) in [5.41, 5.74) is 5.98. The Labute approximate surface area is 101 Å². The van der Waals surface area contributed by atoms with Gasteiger partial charge < -0.3 is 5.43 Å². The molecule has 90 valence electrons. The summed E-state index contributed by atoms with van der Waals surface area (Å²) in [5.74, 6) is 7.35. The highest BCUT2D eigenvalue weighted by molar-refractivity contribution is 5.91. The molecule has 0 saturated carbocycles. The lowest BCUT2D eigenvalue weighted by Crippen LogP contribution is -2.12. The van der Waals surface area contributed by atoms with Crippen LogP contribution < -0.4 is 11.3 Å². The van der Waals surface area contributed by atoms with Crippen molar-refractivity contribution in [2.24, 2.45) is 5.84 Å². The van der Waals surface area contributed by atoms with E-state index in [0.29, 0.717) is 5.82 Å². The molecule has 2 aromatic rings. The van der Waals surface area contributed by atoms with Crippen LogP contribution in [0.25, 0.3) is 10.9 Å². The van der Waals surface area contributed by atoms with Crippen LogP contribution in [0.3, 0.4) is 0 Å². The molecule has 0 atom stereocenters. The van der Waals surface area contributed by atoms with Gasteiger partial charge in [-0.15, -0.1) is 0 Å². The van der Waals surface area contributed by atoms with Gasteiger partial charge in [0.05, 0.1) is 5.52 Å². The third-order valence-corrected chi connectivity index (χ3v) is 2.81. The quantitative estimate of drug-likeness (QED) is 0.615. The number of nitrogen functional groups attached to an aromatic ring is 1. The van der Waals surface area contributed by atoms with E-state index in [1.807, 2.05) is 0 Å². The fourth-order valence-corrected chi connectivity index (χ4v) is 1.97. The minimum Gasteiger partial charge on any atom is -0.308 e. The van der Waals surface area contributed by atoms with Crippen LogP contribution in [-0.4, -0.2) is 9.97 Å². The normalized spacial score (nSPS) is 11.2. The van der Waals surface area contributed by atoms with Gasteiger partial charge in [0.2, 0.25) is 0 Å². The fraction of sp³-hybridized carbons (Fsp3) is 0.385. The van der Waals surface area contributed by atoms with Crippen molar-refractivity contribution in [1.82, 2.24) is 9.97 Å². The standard InChI is InChI=1S/C13H18N4/c1-7(2)12-15-11-9(4)5-8(3)6-10(11)13(16-12)17-14/h5-7H,14H2,1-4H3,(H,15,16,17). The molecule has 0 bridgehead atoms. The molecule has 1 aromatic heterocycles. The summed E-state index contributed by atoms with van der Waals surface area (Å²) in [6.07, 6.45) is 0. The Morgan fingerprint density at radius 1 is 1.18 bits per heavy atom. The molecule has 0 radical (unpaired) electrons. The first-order valence-electron chi connectivity index (χ1n) is 5.78. The van der Waals surface area contributed by atoms with Crippen LogP contribution in [0.15, 0.2) is 12.1 Å². The molecule has 1 heterocycles. The van der Waals surface area contributed by atoms with Crippen LogP contribution >= 0.6 is 0 Å². The summed E-state index contributed by atoms with van der Waals surface area (Å²) in [6.45, 7) is 8.27. The van der Waals surface area contributed by atoms with Crippen molar-refractivity contribution in [2.75, 3.05) is 5.43 Å². The predicted octanol–water partition coefficient (Wildman–Crippen LogP) is 2.66. The SMILES string of the molecule is Cc1cc(C)c2nc(C(C)C)nc(NN)c2c1. The number of hydrogen-bond donors (Lipinski definition) is 2. The minimum atomic E-state index is 0.284. The molecule has 17 heavy (non-hydrogen) atoms. The fourth-order valence-electron chi connectivity index (χ4n) is 1.97. The molecule has 4 nitrogen and oxygen atoms in total. The molecule has 1 aromatic carbocycles. The number of anilines is 1. The molecule has 0 amide bonds. The molecule has 0 aliphatic carbocycles. The number of rotatable bonds is 2. The highest BCUT2D eigenvalue weighted by Gasteiger charge is 2.11. The summed E-state index contributed by atoms with van der Waals surface area (Å²) in [4.78, 5) is 9.07. The zero-order chi connectivity index (χ0) is 12.6. The third-order valence-electron chi connectivity index (χ3n) is 2.81. The van der Waals surface area contributed by atoms with E-state index in [0.717, 1.165) is 22.3 Å². The molecule has 0 spiro atoms. The maximum atomic E-state index is 5.54. The van der Waals surface area contributed by atoms with E-state index in [-0.39, 0.29) is 5.92 Å². The number of nitrogens with zero attached hydrogens (tertiary/aromatic N) is 2. The van der Waals surface area contributed by atoms with Gasteiger partial charge in [0.15, 0.2) is 5.82 Å². The van der Waals surface area contributed by atoms with E-state index in [1.165, 1.54) is 5.56 Å². The first-order chi connectivity index (χ1) is 8.02. The van der Waals surface area contributed by atoms with E-state index in [9.17, 15) is 0 Å². The second-order valence-electron chi connectivity index (χ2n) is 4.71. The van der Waals surface area contributed by atoms with E-state index in [1.54, 1.807) is 0 Å². The summed E-state index contributed by atoms with van der Waals surface area (Å²) in [7, 11) is 0. The zero-order valence-electron chi connectivity index (χ0n) is 10.7. The van der Waals surface area contributed by atoms with E-state index in [2.05, 4.69) is 55.2 Å². The minimum absolute atomic E-state index is 0.284. The molecular formula is C13H18N4. The number of benzene rings is 1. The van der Waals surface area contributed by atoms with Crippen LogP contribution in [0.5, 0.6) is 0 Å². The Bertz CT molecular complexity index is 561. The number of aryl methyl sites for hydroxylation is 2. The molecule has 0 fully saturated rings. The van der Waals surface area contributed by atoms with Crippen molar-refractivity contribution in [3.63, 3.8) is 0 Å². The van der Waals surface area contributed by atoms with Crippen molar-refractivity contribution < 1.29 is 0 Å². The highest BCUT2D eigenvalue weighted by Crippen LogP contribution is 2.26. The molecule has 0 aliphatic heterocycles. The molecule has 3 N–H and O–H groups in total. The molecule has 0 unspecified atom stereocenters. The average Bonchev–Trinajstić information content (AvgIpc) is 2.27. The Balaban J connectivity index is 2.82. The van der Waals surface area contributed by atoms with Gasteiger partial charge in [-0.05, 0) is 31.0 Å². The van der Waals surface area contributed by atoms with E-state index < -0.39 is 0 Å². The predicted molar refractivity (Wildman–Crippen MR) is 70.9 cm³/mol. The number of nitrogens with one attached hydrogen (secondary N) is 1. The lowest BCUT2D eigenvalue weighted by Gasteiger charge is -2.12. The van der Waals surface area contributed by atoms with Crippen LogP contribution in [0.4, 0.5) is 5.82 Å². The summed E-state index contributed by atoms with van der Waals surface area (Å²) in [6, 6.07) is 4.18. The Kier molecular flexibility index (Phi) is 2.98. The van der Waals surface area contributed by atoms with Crippen LogP contribution in [0.2, 0.25) is 0 Å². The van der Waals surface area contributed by atoms with Gasteiger partial charge in [-0.3, -0.25) is 0 Å². The van der Waals surface area contributed by atoms with E-state index >= 15 is 0 Å². The summed E-state index contributed by atoms with van der Waals surface area (Å²) >= 11 is 0. The van der Waals surface area contributed by atoms with Crippen molar-refractivity contribution in [3.05, 3.63) is 29.1 Å². The number of hydrazine groups is 1. The van der Waals surface area contributed by atoms with Crippen molar-refractivity contribution >= 4 is 16.7 Å². The smallest absolute Gasteiger partial charge is 0.151 e. The third kappa shape index (κ3) is 2.08. The van der Waals surface area contributed by atoms with Crippen molar-refractivity contribution in [2.45, 2.75) is 33.6 Å². The Morgan fingerprint density at radius 3 is 2.47 bits per heavy atom. The molecule has 0 saturated heterocycles. The topological polar surface area (TPSA) is 63.8 Å². The van der Waals surface area contributed by atoms with Gasteiger partial charge in [-0.25, -0.2) is 15.8 Å². The summed E-state index contributed by atoms with van der Waals surface area (Å²) in [5, 5.41) is 0.981. The van der Waals surface area contributed by atoms with Crippen molar-refractivity contribution in [1.29, 1.82) is 0 Å². The summed E-state index contributed by atoms with van der Waals surface area (Å²) < 4.78 is 0. The molecular weight excluding hydrogens is 212 g/mol. The second kappa shape index (κ2) is 4.30. The largest absolute Gasteiger partial charge is 0.308 e. The maximum absolute atomic E-state index is 5.54. The zero-order valence-corrected chi connectivity index (χ0v) is 10.7. The van der Waals surface area contributed by atoms with Gasteiger partial charge in [0.1, 0.15) is 5.82 Å². The molecule has 0 aliphatic rings. The monoisotopic (exact) mass is 230 g/mol. The van der Waals surface area contributed by atoms with Gasteiger partial charge in [0.25, 0.3) is 0 Å². The Hall–Kier alpha value is -1.68. The van der Waals surface area contributed by atoms with Gasteiger partial charge in [-0.2, -0.15) is 0 Å². The van der Waals surface area contributed by atoms with E-state index in [4.69, 9.17) is 5.84 Å². The van der Waals surface area contributed by atoms with Crippen LogP contribution in [0.1, 0.15) is 36.7 Å². The maximum Gasteiger partial charge on any atom is 0.151 e. The first kappa shape index (κ1) is 11.8. The first-order valence-corrected chi connectivity index (χ1v) is 5.78. The lowest BCUT2D eigenvalue weighted by molar-refractivity contribution is 0.783. The number of fused-ring (bicyclic) bond motifs is 1. The second-order valence-corrected chi connectivity index (χ2v) is 4.71. The number of nitrogens with two attached hydrogens (primary N) is 1. The lowest BCUT2D eigenvalue weighted by atomic mass is 10.1. The number of hydrogen-bond acceptors (Lipinski definition) is 4. The molecule has 4 heteroatoms. The van der Waals surface area contributed by atoms with Gasteiger partial charge in [-0.1, -0.05) is 19.9 Å². The molecule has 2 rings (SSSR count).